The van der Waals surface area contributed by atoms with Gasteiger partial charge in [-0.3, -0.25) is 0 Å². The van der Waals surface area contributed by atoms with E-state index >= 15 is 0 Å². The predicted octanol–water partition coefficient (Wildman–Crippen LogP) is 3.66. The summed E-state index contributed by atoms with van der Waals surface area (Å²) in [7, 11) is 0. The fourth-order valence-electron chi connectivity index (χ4n) is 0.500. The molecule has 0 unspecified atom stereocenters. The molecule has 10 heavy (non-hydrogen) atoms. The highest BCUT2D eigenvalue weighted by Gasteiger charge is 1.75. The van der Waals surface area contributed by atoms with E-state index < -0.39 is 0 Å². The van der Waals surface area contributed by atoms with Gasteiger partial charge in [-0.2, -0.15) is 0 Å². The minimum Gasteiger partial charge on any atom is -0.513 e. The van der Waals surface area contributed by atoms with Crippen LogP contribution in [0.25, 0.3) is 0 Å². The van der Waals surface area contributed by atoms with Gasteiger partial charge in [0.15, 0.2) is 0 Å². The fraction of sp³-hybridized carbons (Fsp3) is 0.778. The zero-order chi connectivity index (χ0) is 8.41. The van der Waals surface area contributed by atoms with Gasteiger partial charge in [-0.25, -0.2) is 0 Å². The maximum Gasteiger partial charge on any atom is 0.0820 e. The Bertz CT molecular complexity index is 59.1. The molecule has 0 aliphatic carbocycles. The van der Waals surface area contributed by atoms with Crippen molar-refractivity contribution >= 4 is 0 Å². The molecule has 0 aliphatic heterocycles. The molecule has 0 spiro atoms. The lowest BCUT2D eigenvalue weighted by molar-refractivity contribution is 0.417. The Morgan fingerprint density at radius 3 is 1.50 bits per heavy atom. The van der Waals surface area contributed by atoms with Crippen LogP contribution in [0.3, 0.4) is 0 Å². The summed E-state index contributed by atoms with van der Waals surface area (Å²) in [5, 5.41) is 7.86. The molecule has 0 aromatic rings. The molecular formula is C9H20O. The van der Waals surface area contributed by atoms with Crippen molar-refractivity contribution in [3.05, 3.63) is 12.3 Å². The second kappa shape index (κ2) is 11.4. The molecule has 0 saturated carbocycles. The maximum atomic E-state index is 7.86. The molecule has 1 heteroatoms. The monoisotopic (exact) mass is 144 g/mol. The van der Waals surface area contributed by atoms with Gasteiger partial charge in [-0.1, -0.05) is 46.1 Å². The Kier molecular flexibility index (Phi) is 13.9. The van der Waals surface area contributed by atoms with Crippen molar-refractivity contribution in [3.8, 4) is 0 Å². The van der Waals surface area contributed by atoms with Crippen LogP contribution in [-0.2, 0) is 0 Å². The first-order valence-corrected chi connectivity index (χ1v) is 3.99. The van der Waals surface area contributed by atoms with Gasteiger partial charge in [0.25, 0.3) is 0 Å². The molecular weight excluding hydrogens is 124 g/mol. The molecule has 62 valence electrons. The van der Waals surface area contributed by atoms with Gasteiger partial charge in [0, 0.05) is 0 Å². The Morgan fingerprint density at radius 2 is 1.40 bits per heavy atom. The van der Waals surface area contributed by atoms with E-state index in [-0.39, 0.29) is 5.76 Å². The summed E-state index contributed by atoms with van der Waals surface area (Å²) in [6.45, 7) is 9.10. The van der Waals surface area contributed by atoms with E-state index in [0.29, 0.717) is 0 Å². The molecule has 0 aromatic carbocycles. The maximum absolute atomic E-state index is 7.86. The number of aliphatic hydroxyl groups is 1. The topological polar surface area (TPSA) is 20.2 Å². The van der Waals surface area contributed by atoms with Crippen LogP contribution in [0.5, 0.6) is 0 Å². The van der Waals surface area contributed by atoms with Crippen LogP contribution >= 0.6 is 0 Å². The van der Waals surface area contributed by atoms with Gasteiger partial charge in [-0.15, -0.1) is 0 Å². The van der Waals surface area contributed by atoms with E-state index in [0.717, 1.165) is 0 Å². The minimum atomic E-state index is 0.167. The van der Waals surface area contributed by atoms with Gasteiger partial charge in [0.1, 0.15) is 0 Å². The molecule has 0 rings (SSSR count). The second-order valence-corrected chi connectivity index (χ2v) is 2.44. The zero-order valence-corrected chi connectivity index (χ0v) is 7.48. The van der Waals surface area contributed by atoms with Crippen LogP contribution in [0.4, 0.5) is 0 Å². The average molecular weight is 144 g/mol. The Hall–Kier alpha value is -0.460. The number of allylic oxidation sites excluding steroid dienone is 1. The Morgan fingerprint density at radius 1 is 1.20 bits per heavy atom. The summed E-state index contributed by atoms with van der Waals surface area (Å²) in [5.74, 6) is 0.167. The third kappa shape index (κ3) is 50.0. The van der Waals surface area contributed by atoms with Crippen LogP contribution in [0.1, 0.15) is 46.5 Å². The third-order valence-corrected chi connectivity index (χ3v) is 0.957. The highest BCUT2D eigenvalue weighted by molar-refractivity contribution is 4.67. The Labute approximate surface area is 64.8 Å². The van der Waals surface area contributed by atoms with E-state index in [9.17, 15) is 0 Å². The van der Waals surface area contributed by atoms with E-state index in [2.05, 4.69) is 20.4 Å². The molecule has 0 heterocycles. The van der Waals surface area contributed by atoms with Gasteiger partial charge in [0.2, 0.25) is 0 Å². The summed E-state index contributed by atoms with van der Waals surface area (Å²) in [4.78, 5) is 0. The SMILES string of the molecule is C=C(C)O.CCCCCC. The molecule has 0 atom stereocenters. The third-order valence-electron chi connectivity index (χ3n) is 0.957. The molecule has 0 radical (unpaired) electrons. The molecule has 1 N–H and O–H groups in total. The van der Waals surface area contributed by atoms with Gasteiger partial charge >= 0.3 is 0 Å². The van der Waals surface area contributed by atoms with E-state index in [1.807, 2.05) is 0 Å². The molecule has 0 aliphatic rings. The van der Waals surface area contributed by atoms with Crippen LogP contribution in [0.15, 0.2) is 12.3 Å². The Balaban J connectivity index is 0. The first kappa shape index (κ1) is 12.2. The van der Waals surface area contributed by atoms with Crippen LogP contribution in [0, 0.1) is 0 Å². The van der Waals surface area contributed by atoms with Crippen molar-refractivity contribution in [3.63, 3.8) is 0 Å². The lowest BCUT2D eigenvalue weighted by Gasteiger charge is -1.86. The van der Waals surface area contributed by atoms with Gasteiger partial charge in [0.05, 0.1) is 5.76 Å². The van der Waals surface area contributed by atoms with Crippen molar-refractivity contribution in [2.45, 2.75) is 46.5 Å². The summed E-state index contributed by atoms with van der Waals surface area (Å²) in [6, 6.07) is 0. The molecule has 1 nitrogen and oxygen atoms in total. The number of unbranched alkanes of at least 4 members (excludes halogenated alkanes) is 3. The molecule has 0 amide bonds. The first-order chi connectivity index (χ1) is 4.65. The molecule has 0 saturated heterocycles. The van der Waals surface area contributed by atoms with Gasteiger partial charge in [-0.05, 0) is 6.92 Å². The van der Waals surface area contributed by atoms with Crippen molar-refractivity contribution in [1.82, 2.24) is 0 Å². The highest BCUT2D eigenvalue weighted by Crippen LogP contribution is 1.95. The highest BCUT2D eigenvalue weighted by atomic mass is 16.3. The number of hydrogen-bond donors (Lipinski definition) is 1. The smallest absolute Gasteiger partial charge is 0.0820 e. The zero-order valence-electron chi connectivity index (χ0n) is 7.48. The van der Waals surface area contributed by atoms with Crippen molar-refractivity contribution in [2.75, 3.05) is 0 Å². The lowest BCUT2D eigenvalue weighted by atomic mass is 10.2. The van der Waals surface area contributed by atoms with E-state index in [4.69, 9.17) is 5.11 Å². The van der Waals surface area contributed by atoms with Crippen molar-refractivity contribution in [1.29, 1.82) is 0 Å². The fourth-order valence-corrected chi connectivity index (χ4v) is 0.500. The van der Waals surface area contributed by atoms with Gasteiger partial charge < -0.3 is 5.11 Å². The summed E-state index contributed by atoms with van der Waals surface area (Å²) in [5.41, 5.74) is 0. The van der Waals surface area contributed by atoms with E-state index in [1.54, 1.807) is 0 Å². The predicted molar refractivity (Wildman–Crippen MR) is 47.3 cm³/mol. The summed E-state index contributed by atoms with van der Waals surface area (Å²) in [6.07, 6.45) is 5.54. The number of rotatable bonds is 3. The number of aliphatic hydroxyl groups excluding tert-OH is 1. The first-order valence-electron chi connectivity index (χ1n) is 3.99. The summed E-state index contributed by atoms with van der Waals surface area (Å²) < 4.78 is 0. The summed E-state index contributed by atoms with van der Waals surface area (Å²) >= 11 is 0. The average Bonchev–Trinajstić information content (AvgIpc) is 1.82. The molecule has 0 bridgehead atoms. The standard InChI is InChI=1S/C6H14.C3H6O/c1-3-5-6-4-2;1-3(2)4/h3-6H2,1-2H3;4H,1H2,2H3. The molecule has 0 aromatic heterocycles. The van der Waals surface area contributed by atoms with Crippen LogP contribution < -0.4 is 0 Å². The largest absolute Gasteiger partial charge is 0.513 e. The lowest BCUT2D eigenvalue weighted by Crippen LogP contribution is -1.66. The normalized spacial score (nSPS) is 7.90. The molecule has 0 fully saturated rings. The minimum absolute atomic E-state index is 0.167. The van der Waals surface area contributed by atoms with Crippen LogP contribution in [0.2, 0.25) is 0 Å². The van der Waals surface area contributed by atoms with Crippen LogP contribution in [-0.4, -0.2) is 5.11 Å². The quantitative estimate of drug-likeness (QED) is 0.473. The number of hydrogen-bond acceptors (Lipinski definition) is 1. The van der Waals surface area contributed by atoms with Crippen molar-refractivity contribution < 1.29 is 5.11 Å². The van der Waals surface area contributed by atoms with Crippen molar-refractivity contribution in [2.24, 2.45) is 0 Å². The van der Waals surface area contributed by atoms with E-state index in [1.165, 1.54) is 32.6 Å². The second-order valence-electron chi connectivity index (χ2n) is 2.44.